The van der Waals surface area contributed by atoms with E-state index in [0.29, 0.717) is 37.4 Å². The fourth-order valence-corrected chi connectivity index (χ4v) is 5.82. The number of rotatable bonds is 5. The van der Waals surface area contributed by atoms with Crippen LogP contribution in [0.4, 0.5) is 0 Å². The van der Waals surface area contributed by atoms with Gasteiger partial charge in [0.1, 0.15) is 0 Å². The molecule has 1 atom stereocenters. The highest BCUT2D eigenvalue weighted by Crippen LogP contribution is 2.27. The van der Waals surface area contributed by atoms with Gasteiger partial charge >= 0.3 is 0 Å². The summed E-state index contributed by atoms with van der Waals surface area (Å²) in [5.74, 6) is -0.0206. The average molecular weight is 417 g/mol. The highest BCUT2D eigenvalue weighted by Gasteiger charge is 2.34. The third-order valence-electron chi connectivity index (χ3n) is 6.04. The van der Waals surface area contributed by atoms with Crippen LogP contribution in [0.5, 0.6) is 0 Å². The number of carbonyl (C=O) groups excluding carboxylic acids is 1. The Morgan fingerprint density at radius 2 is 1.83 bits per heavy atom. The van der Waals surface area contributed by atoms with Gasteiger partial charge in [-0.25, -0.2) is 8.42 Å². The molecule has 29 heavy (non-hydrogen) atoms. The highest BCUT2D eigenvalue weighted by atomic mass is 32.2. The minimum absolute atomic E-state index is 0.100. The highest BCUT2D eigenvalue weighted by molar-refractivity contribution is 7.89. The van der Waals surface area contributed by atoms with Crippen LogP contribution in [-0.2, 0) is 19.6 Å². The van der Waals surface area contributed by atoms with Gasteiger partial charge in [-0.05, 0) is 48.6 Å². The second kappa shape index (κ2) is 8.42. The summed E-state index contributed by atoms with van der Waals surface area (Å²) in [6.07, 6.45) is 3.30. The molecule has 2 aromatic rings. The van der Waals surface area contributed by atoms with Crippen molar-refractivity contribution in [3.63, 3.8) is 0 Å². The van der Waals surface area contributed by atoms with Crippen molar-refractivity contribution in [2.75, 3.05) is 33.3 Å². The molecule has 0 bridgehead atoms. The monoisotopic (exact) mass is 416 g/mol. The minimum atomic E-state index is -3.55. The number of ether oxygens (including phenoxy) is 1. The number of hydrogen-bond donors (Lipinski definition) is 0. The number of amides is 1. The average Bonchev–Trinajstić information content (AvgIpc) is 3.26. The molecule has 0 spiro atoms. The first-order chi connectivity index (χ1) is 13.9. The molecule has 156 valence electrons. The predicted octanol–water partition coefficient (Wildman–Crippen LogP) is 2.88. The first-order valence-corrected chi connectivity index (χ1v) is 11.7. The number of likely N-dealkylation sites (N-methyl/N-ethyl adjacent to an activating group) is 1. The van der Waals surface area contributed by atoms with Crippen LogP contribution in [0, 0.1) is 5.92 Å². The maximum atomic E-state index is 13.1. The van der Waals surface area contributed by atoms with Gasteiger partial charge in [-0.3, -0.25) is 4.79 Å². The number of hydrogen-bond acceptors (Lipinski definition) is 4. The zero-order chi connectivity index (χ0) is 20.4. The Balaban J connectivity index is 1.39. The Labute approximate surface area is 172 Å². The smallest absolute Gasteiger partial charge is 0.243 e. The van der Waals surface area contributed by atoms with Crippen molar-refractivity contribution in [1.82, 2.24) is 9.21 Å². The second-order valence-corrected chi connectivity index (χ2v) is 9.98. The summed E-state index contributed by atoms with van der Waals surface area (Å²) < 4.78 is 33.3. The normalized spacial score (nSPS) is 21.5. The largest absolute Gasteiger partial charge is 0.376 e. The summed E-state index contributed by atoms with van der Waals surface area (Å²) in [5, 5.41) is 1.93. The Morgan fingerprint density at radius 3 is 2.52 bits per heavy atom. The van der Waals surface area contributed by atoms with E-state index < -0.39 is 10.0 Å². The maximum absolute atomic E-state index is 13.1. The van der Waals surface area contributed by atoms with E-state index in [2.05, 4.69) is 0 Å². The van der Waals surface area contributed by atoms with Gasteiger partial charge in [0.25, 0.3) is 0 Å². The Kier molecular flexibility index (Phi) is 5.90. The van der Waals surface area contributed by atoms with E-state index in [4.69, 9.17) is 4.74 Å². The lowest BCUT2D eigenvalue weighted by Crippen LogP contribution is -2.44. The number of sulfonamides is 1. The Hall–Kier alpha value is -1.96. The van der Waals surface area contributed by atoms with Crippen LogP contribution in [0.1, 0.15) is 25.7 Å². The van der Waals surface area contributed by atoms with E-state index in [9.17, 15) is 13.2 Å². The van der Waals surface area contributed by atoms with Gasteiger partial charge in [0.05, 0.1) is 11.0 Å². The number of fused-ring (bicyclic) bond motifs is 1. The summed E-state index contributed by atoms with van der Waals surface area (Å²) in [6.45, 7) is 2.14. The zero-order valence-electron chi connectivity index (χ0n) is 16.8. The first-order valence-electron chi connectivity index (χ1n) is 10.3. The van der Waals surface area contributed by atoms with Crippen LogP contribution in [0.2, 0.25) is 0 Å². The molecule has 2 aliphatic rings. The van der Waals surface area contributed by atoms with Crippen LogP contribution in [0.15, 0.2) is 47.4 Å². The molecular formula is C22H28N2O4S. The van der Waals surface area contributed by atoms with Crippen LogP contribution in [-0.4, -0.2) is 62.9 Å². The molecule has 0 radical (unpaired) electrons. The van der Waals surface area contributed by atoms with Gasteiger partial charge in [-0.15, -0.1) is 0 Å². The van der Waals surface area contributed by atoms with Crippen molar-refractivity contribution >= 4 is 26.7 Å². The molecule has 2 fully saturated rings. The van der Waals surface area contributed by atoms with E-state index in [1.54, 1.807) is 17.0 Å². The SMILES string of the molecule is CN(CC1CCCO1)C(=O)C1CCN(S(=O)(=O)c2ccc3ccccc3c2)CC1. The van der Waals surface area contributed by atoms with Crippen molar-refractivity contribution in [2.24, 2.45) is 5.92 Å². The van der Waals surface area contributed by atoms with Crippen LogP contribution in [0.3, 0.4) is 0 Å². The van der Waals surface area contributed by atoms with E-state index >= 15 is 0 Å². The fraction of sp³-hybridized carbons (Fsp3) is 0.500. The lowest BCUT2D eigenvalue weighted by Gasteiger charge is -2.33. The van der Waals surface area contributed by atoms with Crippen molar-refractivity contribution in [3.05, 3.63) is 42.5 Å². The standard InChI is InChI=1S/C22H28N2O4S/c1-23(16-20-7-4-14-28-20)22(25)18-10-12-24(13-11-18)29(26,27)21-9-8-17-5-2-3-6-19(17)15-21/h2-3,5-6,8-9,15,18,20H,4,7,10-14,16H2,1H3. The molecule has 7 heteroatoms. The molecule has 0 saturated carbocycles. The molecule has 0 aromatic heterocycles. The summed E-state index contributed by atoms with van der Waals surface area (Å²) in [6, 6.07) is 13.0. The second-order valence-electron chi connectivity index (χ2n) is 8.04. The third-order valence-corrected chi connectivity index (χ3v) is 7.93. The molecule has 1 amide bonds. The van der Waals surface area contributed by atoms with Crippen LogP contribution >= 0.6 is 0 Å². The molecule has 0 N–H and O–H groups in total. The predicted molar refractivity (Wildman–Crippen MR) is 112 cm³/mol. The summed E-state index contributed by atoms with van der Waals surface area (Å²) >= 11 is 0. The molecule has 2 heterocycles. The van der Waals surface area contributed by atoms with Gasteiger partial charge in [0, 0.05) is 39.2 Å². The number of carbonyl (C=O) groups is 1. The van der Waals surface area contributed by atoms with E-state index in [-0.39, 0.29) is 17.9 Å². The topological polar surface area (TPSA) is 66.9 Å². The van der Waals surface area contributed by atoms with Gasteiger partial charge in [0.15, 0.2) is 0 Å². The van der Waals surface area contributed by atoms with Crippen LogP contribution in [0.25, 0.3) is 10.8 Å². The quantitative estimate of drug-likeness (QED) is 0.752. The summed E-state index contributed by atoms with van der Waals surface area (Å²) in [5.41, 5.74) is 0. The molecule has 2 aliphatic heterocycles. The molecule has 1 unspecified atom stereocenters. The van der Waals surface area contributed by atoms with Crippen molar-refractivity contribution in [1.29, 1.82) is 0 Å². The Morgan fingerprint density at radius 1 is 1.10 bits per heavy atom. The summed E-state index contributed by atoms with van der Waals surface area (Å²) in [4.78, 5) is 14.8. The Bertz CT molecular complexity index is 977. The molecule has 0 aliphatic carbocycles. The van der Waals surface area contributed by atoms with Gasteiger partial charge in [-0.1, -0.05) is 30.3 Å². The van der Waals surface area contributed by atoms with Crippen LogP contribution < -0.4 is 0 Å². The van der Waals surface area contributed by atoms with Crippen molar-refractivity contribution in [2.45, 2.75) is 36.7 Å². The minimum Gasteiger partial charge on any atom is -0.376 e. The van der Waals surface area contributed by atoms with Crippen molar-refractivity contribution < 1.29 is 17.9 Å². The zero-order valence-corrected chi connectivity index (χ0v) is 17.6. The summed E-state index contributed by atoms with van der Waals surface area (Å²) in [7, 11) is -1.73. The lowest BCUT2D eigenvalue weighted by atomic mass is 9.96. The van der Waals surface area contributed by atoms with Gasteiger partial charge < -0.3 is 9.64 Å². The molecule has 6 nitrogen and oxygen atoms in total. The fourth-order valence-electron chi connectivity index (χ4n) is 4.32. The van der Waals surface area contributed by atoms with E-state index in [0.717, 1.165) is 30.2 Å². The number of nitrogens with zero attached hydrogens (tertiary/aromatic N) is 2. The van der Waals surface area contributed by atoms with E-state index in [1.807, 2.05) is 37.4 Å². The molecule has 4 rings (SSSR count). The molecule has 2 saturated heterocycles. The molecule has 2 aromatic carbocycles. The van der Waals surface area contributed by atoms with E-state index in [1.165, 1.54) is 4.31 Å². The molecular weight excluding hydrogens is 388 g/mol. The number of benzene rings is 2. The van der Waals surface area contributed by atoms with Gasteiger partial charge in [0.2, 0.25) is 15.9 Å². The van der Waals surface area contributed by atoms with Gasteiger partial charge in [-0.2, -0.15) is 4.31 Å². The lowest BCUT2D eigenvalue weighted by molar-refractivity contribution is -0.136. The maximum Gasteiger partial charge on any atom is 0.243 e. The number of piperidine rings is 1. The first kappa shape index (κ1) is 20.3. The van der Waals surface area contributed by atoms with Crippen molar-refractivity contribution in [3.8, 4) is 0 Å². The third kappa shape index (κ3) is 4.32.